The summed E-state index contributed by atoms with van der Waals surface area (Å²) in [5, 5.41) is 0.612. The topological polar surface area (TPSA) is 141 Å². The van der Waals surface area contributed by atoms with Gasteiger partial charge in [-0.25, -0.2) is 14.4 Å². The van der Waals surface area contributed by atoms with Crippen LogP contribution in [0.5, 0.6) is 5.75 Å². The molecule has 0 radical (unpaired) electrons. The monoisotopic (exact) mass is 648 g/mol. The lowest BCUT2D eigenvalue weighted by atomic mass is 9.76. The number of methoxy groups -OCH3 is 1. The quantitative estimate of drug-likeness (QED) is 0.332. The molecule has 2 aromatic carbocycles. The maximum absolute atomic E-state index is 14.4. The fraction of sp³-hybridized carbons (Fsp3) is 0.367. The van der Waals surface area contributed by atoms with Crippen molar-refractivity contribution in [3.8, 4) is 5.75 Å². The molecule has 1 unspecified atom stereocenters. The Morgan fingerprint density at radius 1 is 1.12 bits per heavy atom. The predicted octanol–water partition coefficient (Wildman–Crippen LogP) is 4.30. The van der Waals surface area contributed by atoms with Gasteiger partial charge in [0.2, 0.25) is 0 Å². The van der Waals surface area contributed by atoms with Crippen LogP contribution in [0.3, 0.4) is 0 Å². The van der Waals surface area contributed by atoms with Gasteiger partial charge < -0.3 is 15.1 Å². The van der Waals surface area contributed by atoms with Crippen molar-refractivity contribution in [3.05, 3.63) is 93.2 Å². The highest BCUT2D eigenvalue weighted by molar-refractivity contribution is 7.82. The molecule has 1 aromatic heterocycles. The van der Waals surface area contributed by atoms with Crippen LogP contribution in [0.15, 0.2) is 60.8 Å². The van der Waals surface area contributed by atoms with Gasteiger partial charge >= 0.3 is 0 Å². The molecule has 1 aliphatic heterocycles. The van der Waals surface area contributed by atoms with E-state index in [2.05, 4.69) is 15.2 Å². The summed E-state index contributed by atoms with van der Waals surface area (Å²) in [5.41, 5.74) is 4.64. The minimum Gasteiger partial charge on any atom is -0.496 e. The number of hydroxylamine groups is 1. The van der Waals surface area contributed by atoms with Crippen LogP contribution >= 0.6 is 23.2 Å². The largest absolute Gasteiger partial charge is 0.496 e. The first-order valence-corrected chi connectivity index (χ1v) is 16.0. The van der Waals surface area contributed by atoms with Gasteiger partial charge in [-0.3, -0.25) is 19.4 Å². The Balaban J connectivity index is 0.00000423. The van der Waals surface area contributed by atoms with Crippen molar-refractivity contribution in [2.75, 3.05) is 13.4 Å². The SMILES string of the molecule is COc1cc(Cl)cc(Cl)c1[C@H]1[C@H](C(=O)NOCc2ccccn2)c2ccccc2C(=O)N1[C@@H]1CCCC[C@H]1NS(C)=O.O. The first kappa shape index (κ1) is 32.8. The normalized spacial score (nSPS) is 22.2. The van der Waals surface area contributed by atoms with Crippen LogP contribution in [0.1, 0.15) is 64.8 Å². The number of aromatic nitrogens is 1. The number of nitrogens with zero attached hydrogens (tertiary/aromatic N) is 2. The molecule has 10 nitrogen and oxygen atoms in total. The minimum atomic E-state index is -1.32. The Hall–Kier alpha value is -3.06. The number of fused-ring (bicyclic) bond motifs is 1. The number of halogens is 2. The van der Waals surface area contributed by atoms with Crippen LogP contribution in [-0.2, 0) is 27.2 Å². The van der Waals surface area contributed by atoms with Gasteiger partial charge in [0.25, 0.3) is 11.8 Å². The zero-order valence-corrected chi connectivity index (χ0v) is 26.0. The van der Waals surface area contributed by atoms with Gasteiger partial charge in [0, 0.05) is 40.7 Å². The van der Waals surface area contributed by atoms with Crippen molar-refractivity contribution in [1.82, 2.24) is 20.1 Å². The van der Waals surface area contributed by atoms with Gasteiger partial charge in [0.15, 0.2) is 0 Å². The van der Waals surface area contributed by atoms with Gasteiger partial charge in [-0.2, -0.15) is 0 Å². The van der Waals surface area contributed by atoms with E-state index in [-0.39, 0.29) is 35.1 Å². The summed E-state index contributed by atoms with van der Waals surface area (Å²) in [4.78, 5) is 40.1. The Kier molecular flexibility index (Phi) is 11.2. The van der Waals surface area contributed by atoms with Crippen LogP contribution < -0.4 is 14.9 Å². The number of carbonyl (C=O) groups excluding carboxylic acids is 2. The van der Waals surface area contributed by atoms with Crippen LogP contribution in [0.4, 0.5) is 0 Å². The number of hydrogen-bond donors (Lipinski definition) is 2. The third-order valence-corrected chi connectivity index (χ3v) is 8.92. The fourth-order valence-corrected chi connectivity index (χ4v) is 7.33. The number of carbonyl (C=O) groups is 2. The van der Waals surface area contributed by atoms with Gasteiger partial charge in [0.05, 0.1) is 40.8 Å². The second-order valence-corrected chi connectivity index (χ2v) is 12.3. The van der Waals surface area contributed by atoms with E-state index >= 15 is 0 Å². The van der Waals surface area contributed by atoms with E-state index in [4.69, 9.17) is 32.8 Å². The Labute approximate surface area is 262 Å². The summed E-state index contributed by atoms with van der Waals surface area (Å²) in [6, 6.07) is 14.1. The molecule has 1 saturated carbocycles. The van der Waals surface area contributed by atoms with E-state index in [1.165, 1.54) is 7.11 Å². The first-order valence-electron chi connectivity index (χ1n) is 13.7. The van der Waals surface area contributed by atoms with E-state index in [0.29, 0.717) is 39.6 Å². The molecule has 2 heterocycles. The molecule has 230 valence electrons. The molecule has 2 amide bonds. The average molecular weight is 650 g/mol. The van der Waals surface area contributed by atoms with E-state index in [1.807, 2.05) is 6.07 Å². The Morgan fingerprint density at radius 3 is 2.58 bits per heavy atom. The summed E-state index contributed by atoms with van der Waals surface area (Å²) in [6.45, 7) is 0.0518. The van der Waals surface area contributed by atoms with Crippen LogP contribution in [0, 0.1) is 0 Å². The second kappa shape index (κ2) is 14.6. The molecule has 3 aromatic rings. The number of nitrogens with one attached hydrogen (secondary N) is 2. The summed E-state index contributed by atoms with van der Waals surface area (Å²) in [6.07, 6.45) is 6.38. The van der Waals surface area contributed by atoms with Crippen molar-refractivity contribution in [3.63, 3.8) is 0 Å². The lowest BCUT2D eigenvalue weighted by Crippen LogP contribution is -2.58. The highest BCUT2D eigenvalue weighted by Crippen LogP contribution is 2.50. The number of pyridine rings is 1. The molecular formula is C30H34Cl2N4O6S. The van der Waals surface area contributed by atoms with Crippen molar-refractivity contribution in [1.29, 1.82) is 0 Å². The Morgan fingerprint density at radius 2 is 1.86 bits per heavy atom. The minimum absolute atomic E-state index is 0. The van der Waals surface area contributed by atoms with Crippen LogP contribution in [0.2, 0.25) is 10.0 Å². The number of hydrogen-bond acceptors (Lipinski definition) is 6. The molecule has 2 aliphatic rings. The number of ether oxygens (including phenoxy) is 1. The first-order chi connectivity index (χ1) is 20.3. The molecule has 43 heavy (non-hydrogen) atoms. The third kappa shape index (κ3) is 7.03. The maximum atomic E-state index is 14.4. The molecule has 0 bridgehead atoms. The van der Waals surface area contributed by atoms with Gasteiger partial charge in [0.1, 0.15) is 12.4 Å². The fourth-order valence-electron chi connectivity index (χ4n) is 6.05. The molecule has 5 atom stereocenters. The van der Waals surface area contributed by atoms with Gasteiger partial charge in [-0.1, -0.05) is 60.3 Å². The number of amides is 2. The Bertz CT molecular complexity index is 1480. The van der Waals surface area contributed by atoms with E-state index in [0.717, 1.165) is 19.3 Å². The summed E-state index contributed by atoms with van der Waals surface area (Å²) >= 11 is 13.2. The highest BCUT2D eigenvalue weighted by atomic mass is 35.5. The molecular weight excluding hydrogens is 615 g/mol. The van der Waals surface area contributed by atoms with Crippen molar-refractivity contribution in [2.45, 2.75) is 56.3 Å². The number of benzene rings is 2. The standard InChI is InChI=1S/C30H32Cl2N4O5S.H2O/c1-40-25-16-18(31)15-22(32)27(25)28-26(29(37)34-41-17-19-9-7-8-14-33-19)20-10-3-4-11-21(20)30(38)36(28)24-13-6-5-12-23(24)35-42(2)39;/h3-4,7-11,14-16,23-24,26,28,35H,5-6,12-13,17H2,1-2H3,(H,34,37);1H2/t23-,24-,26-,28-,42?;/m1./s1. The second-order valence-electron chi connectivity index (χ2n) is 10.3. The van der Waals surface area contributed by atoms with Gasteiger partial charge in [-0.05, 0) is 48.7 Å². The van der Waals surface area contributed by atoms with Crippen LogP contribution in [-0.4, -0.2) is 56.8 Å². The van der Waals surface area contributed by atoms with Crippen molar-refractivity contribution < 1.29 is 28.8 Å². The summed E-state index contributed by atoms with van der Waals surface area (Å²) in [7, 11) is 0.175. The molecule has 0 spiro atoms. The third-order valence-electron chi connectivity index (χ3n) is 7.75. The van der Waals surface area contributed by atoms with E-state index in [1.54, 1.807) is 65.9 Å². The maximum Gasteiger partial charge on any atom is 0.255 e. The predicted molar refractivity (Wildman–Crippen MR) is 165 cm³/mol. The van der Waals surface area contributed by atoms with Gasteiger partial charge in [-0.15, -0.1) is 0 Å². The molecule has 1 aliphatic carbocycles. The van der Waals surface area contributed by atoms with Crippen molar-refractivity contribution >= 4 is 46.0 Å². The highest BCUT2D eigenvalue weighted by Gasteiger charge is 2.50. The molecule has 4 N–H and O–H groups in total. The van der Waals surface area contributed by atoms with E-state index < -0.39 is 28.9 Å². The van der Waals surface area contributed by atoms with Crippen LogP contribution in [0.25, 0.3) is 0 Å². The summed E-state index contributed by atoms with van der Waals surface area (Å²) < 4.78 is 21.2. The molecule has 5 rings (SSSR count). The lowest BCUT2D eigenvalue weighted by molar-refractivity contribution is -0.138. The molecule has 13 heteroatoms. The zero-order valence-electron chi connectivity index (χ0n) is 23.7. The summed E-state index contributed by atoms with van der Waals surface area (Å²) in [5.74, 6) is -1.29. The number of rotatable bonds is 9. The molecule has 0 saturated heterocycles. The average Bonchev–Trinajstić information content (AvgIpc) is 2.97. The zero-order chi connectivity index (χ0) is 29.8. The molecule has 1 fully saturated rings. The lowest BCUT2D eigenvalue weighted by Gasteiger charge is -2.49. The van der Waals surface area contributed by atoms with E-state index in [9.17, 15) is 13.8 Å². The van der Waals surface area contributed by atoms with Crippen molar-refractivity contribution in [2.24, 2.45) is 0 Å². The smallest absolute Gasteiger partial charge is 0.255 e.